The van der Waals surface area contributed by atoms with Crippen LogP contribution in [0.1, 0.15) is 65.8 Å². The molecule has 7 nitrogen and oxygen atoms in total. The first-order valence-electron chi connectivity index (χ1n) is 13.2. The molecule has 0 radical (unpaired) electrons. The van der Waals surface area contributed by atoms with Gasteiger partial charge in [0.2, 0.25) is 5.90 Å². The molecule has 2 N–H and O–H groups in total. The highest BCUT2D eigenvalue weighted by molar-refractivity contribution is 5.82. The number of hydrogen-bond acceptors (Lipinski definition) is 7. The molecule has 1 unspecified atom stereocenters. The second-order valence-corrected chi connectivity index (χ2v) is 10.2. The summed E-state index contributed by atoms with van der Waals surface area (Å²) in [4.78, 5) is 11.8. The van der Waals surface area contributed by atoms with Gasteiger partial charge in [0.15, 0.2) is 0 Å². The maximum atomic E-state index is 11.8. The number of fused-ring (bicyclic) bond motifs is 3. The first-order valence-corrected chi connectivity index (χ1v) is 13.2. The lowest BCUT2D eigenvalue weighted by Gasteiger charge is -2.53. The first-order chi connectivity index (χ1) is 17.6. The van der Waals surface area contributed by atoms with E-state index in [0.29, 0.717) is 18.9 Å². The number of benzene rings is 2. The highest BCUT2D eigenvalue weighted by Crippen LogP contribution is 2.51. The first kappa shape index (κ1) is 24.6. The van der Waals surface area contributed by atoms with Gasteiger partial charge in [-0.2, -0.15) is 0 Å². The van der Waals surface area contributed by atoms with Crippen molar-refractivity contribution in [3.63, 3.8) is 0 Å². The Morgan fingerprint density at radius 1 is 1.06 bits per heavy atom. The van der Waals surface area contributed by atoms with Gasteiger partial charge in [-0.05, 0) is 67.3 Å². The van der Waals surface area contributed by atoms with E-state index in [0.717, 1.165) is 37.3 Å². The number of hydrazone groups is 1. The van der Waals surface area contributed by atoms with Crippen LogP contribution in [0.5, 0.6) is 0 Å². The Morgan fingerprint density at radius 3 is 2.25 bits per heavy atom. The lowest BCUT2D eigenvalue weighted by Crippen LogP contribution is -2.54. The Balaban J connectivity index is 0.00000104. The summed E-state index contributed by atoms with van der Waals surface area (Å²) < 4.78 is 17.0. The molecule has 2 aromatic rings. The van der Waals surface area contributed by atoms with Crippen LogP contribution in [-0.4, -0.2) is 37.5 Å². The molecular formula is C29H39N3O4. The number of hydrogen-bond donors (Lipinski definition) is 2. The van der Waals surface area contributed by atoms with Crippen LogP contribution in [0.15, 0.2) is 53.6 Å². The minimum absolute atomic E-state index is 0. The van der Waals surface area contributed by atoms with Gasteiger partial charge in [-0.15, -0.1) is 5.10 Å². The number of anilines is 1. The molecule has 0 spiro atoms. The normalized spacial score (nSPS) is 28.2. The fraction of sp³-hybridized carbons (Fsp3) is 0.517. The van der Waals surface area contributed by atoms with E-state index in [-0.39, 0.29) is 24.8 Å². The molecule has 7 rings (SSSR count). The molecule has 0 amide bonds. The Labute approximate surface area is 215 Å². The summed E-state index contributed by atoms with van der Waals surface area (Å²) in [6, 6.07) is 17.3. The number of nitrogens with one attached hydrogen (secondary N) is 2. The molecule has 194 valence electrons. The van der Waals surface area contributed by atoms with E-state index in [4.69, 9.17) is 14.2 Å². The Bertz CT molecular complexity index is 1070. The van der Waals surface area contributed by atoms with Crippen LogP contribution in [0.4, 0.5) is 5.69 Å². The third-order valence-corrected chi connectivity index (χ3v) is 7.94. The average molecular weight is 494 g/mol. The van der Waals surface area contributed by atoms with Crippen molar-refractivity contribution in [1.82, 2.24) is 5.43 Å². The third kappa shape index (κ3) is 4.94. The number of carbonyl (C=O) groups is 1. The van der Waals surface area contributed by atoms with Crippen molar-refractivity contribution in [2.45, 2.75) is 76.2 Å². The molecule has 36 heavy (non-hydrogen) atoms. The van der Waals surface area contributed by atoms with Crippen LogP contribution in [0.2, 0.25) is 0 Å². The van der Waals surface area contributed by atoms with Gasteiger partial charge in [-0.3, -0.25) is 10.2 Å². The SMILES string of the molecule is CC.COC(=O)CC12CCC(c3ccc(-c4ccc(NC5NN=C(C6CC6)O5)cc4)cc3)(CC1)CO2.[HH]. The minimum atomic E-state index is -0.324. The molecular weight excluding hydrogens is 454 g/mol. The van der Waals surface area contributed by atoms with Gasteiger partial charge in [0.05, 0.1) is 25.7 Å². The molecule has 2 aliphatic carbocycles. The predicted molar refractivity (Wildman–Crippen MR) is 143 cm³/mol. The van der Waals surface area contributed by atoms with Crippen molar-refractivity contribution in [1.29, 1.82) is 0 Å². The van der Waals surface area contributed by atoms with E-state index < -0.39 is 0 Å². The largest absolute Gasteiger partial charge is 0.469 e. The van der Waals surface area contributed by atoms with E-state index in [1.807, 2.05) is 13.8 Å². The molecule has 7 heteroatoms. The zero-order chi connectivity index (χ0) is 25.2. The fourth-order valence-corrected chi connectivity index (χ4v) is 5.50. The molecule has 3 heterocycles. The number of methoxy groups -OCH3 is 1. The maximum absolute atomic E-state index is 11.8. The van der Waals surface area contributed by atoms with Crippen LogP contribution in [-0.2, 0) is 24.4 Å². The van der Waals surface area contributed by atoms with Crippen molar-refractivity contribution >= 4 is 17.6 Å². The third-order valence-electron chi connectivity index (χ3n) is 7.94. The van der Waals surface area contributed by atoms with Crippen molar-refractivity contribution in [2.24, 2.45) is 11.0 Å². The van der Waals surface area contributed by atoms with Crippen LogP contribution in [0.3, 0.4) is 0 Å². The lowest BCUT2D eigenvalue weighted by atomic mass is 9.62. The molecule has 3 aliphatic heterocycles. The zero-order valence-electron chi connectivity index (χ0n) is 21.5. The van der Waals surface area contributed by atoms with E-state index in [9.17, 15) is 4.79 Å². The van der Waals surface area contributed by atoms with E-state index in [2.05, 4.69) is 64.4 Å². The van der Waals surface area contributed by atoms with Crippen LogP contribution < -0.4 is 10.7 Å². The van der Waals surface area contributed by atoms with E-state index in [1.165, 1.54) is 36.6 Å². The standard InChI is InChI=1S/C27H31N3O4.C2H6.H2/c1-32-23(31)16-27-14-12-26(13-15-27,17-33-27)21-8-4-18(5-9-21)19-6-10-22(11-7-19)28-25-30-29-24(34-25)20-2-3-20;1-2;/h4-11,20,25,28,30H,2-3,12-17H2,1H3;1-2H3;1H. The summed E-state index contributed by atoms with van der Waals surface area (Å²) in [7, 11) is 1.45. The minimum Gasteiger partial charge on any atom is -0.469 e. The lowest BCUT2D eigenvalue weighted by molar-refractivity contribution is -0.176. The Kier molecular flexibility index (Phi) is 6.93. The van der Waals surface area contributed by atoms with Gasteiger partial charge in [0, 0.05) is 18.4 Å². The van der Waals surface area contributed by atoms with Crippen molar-refractivity contribution in [2.75, 3.05) is 19.0 Å². The highest BCUT2D eigenvalue weighted by atomic mass is 16.5. The van der Waals surface area contributed by atoms with Crippen molar-refractivity contribution in [3.8, 4) is 11.1 Å². The summed E-state index contributed by atoms with van der Waals surface area (Å²) >= 11 is 0. The van der Waals surface area contributed by atoms with Gasteiger partial charge < -0.3 is 19.5 Å². The average Bonchev–Trinajstić information content (AvgIpc) is 3.70. The number of carbonyl (C=O) groups excluding carboxylic acids is 1. The molecule has 2 saturated heterocycles. The Hall–Kier alpha value is -3.06. The quantitative estimate of drug-likeness (QED) is 0.474. The smallest absolute Gasteiger partial charge is 0.308 e. The molecule has 1 atom stereocenters. The summed E-state index contributed by atoms with van der Waals surface area (Å²) in [6.45, 7) is 4.67. The predicted octanol–water partition coefficient (Wildman–Crippen LogP) is 5.81. The summed E-state index contributed by atoms with van der Waals surface area (Å²) in [5.74, 6) is 1.15. The number of nitrogens with zero attached hydrogens (tertiary/aromatic N) is 1. The van der Waals surface area contributed by atoms with Crippen molar-refractivity contribution in [3.05, 3.63) is 54.1 Å². The maximum Gasteiger partial charge on any atom is 0.308 e. The monoisotopic (exact) mass is 493 g/mol. The van der Waals surface area contributed by atoms with Gasteiger partial charge >= 0.3 is 5.97 Å². The molecule has 0 aromatic heterocycles. The molecule has 2 saturated carbocycles. The summed E-state index contributed by atoms with van der Waals surface area (Å²) in [5.41, 5.74) is 7.42. The summed E-state index contributed by atoms with van der Waals surface area (Å²) in [5, 5.41) is 7.60. The van der Waals surface area contributed by atoms with Gasteiger partial charge in [0.1, 0.15) is 0 Å². The van der Waals surface area contributed by atoms with Crippen molar-refractivity contribution < 1.29 is 20.4 Å². The second kappa shape index (κ2) is 10.1. The summed E-state index contributed by atoms with van der Waals surface area (Å²) in [6.07, 6.45) is 6.31. The molecule has 2 bridgehead atoms. The topological polar surface area (TPSA) is 81.2 Å². The van der Waals surface area contributed by atoms with E-state index in [1.54, 1.807) is 0 Å². The number of ether oxygens (including phenoxy) is 3. The molecule has 5 aliphatic rings. The zero-order valence-corrected chi connectivity index (χ0v) is 21.5. The van der Waals surface area contributed by atoms with Crippen LogP contribution >= 0.6 is 0 Å². The van der Waals surface area contributed by atoms with Gasteiger partial charge in [-0.1, -0.05) is 50.2 Å². The van der Waals surface area contributed by atoms with Crippen LogP contribution in [0, 0.1) is 5.92 Å². The van der Waals surface area contributed by atoms with Gasteiger partial charge in [-0.25, -0.2) is 0 Å². The molecule has 2 aromatic carbocycles. The second-order valence-electron chi connectivity index (χ2n) is 10.2. The fourth-order valence-electron chi connectivity index (χ4n) is 5.50. The molecule has 4 fully saturated rings. The Morgan fingerprint density at radius 2 is 1.69 bits per heavy atom. The highest BCUT2D eigenvalue weighted by Gasteiger charge is 2.51. The van der Waals surface area contributed by atoms with Gasteiger partial charge in [0.25, 0.3) is 6.35 Å². The van der Waals surface area contributed by atoms with Crippen LogP contribution in [0.25, 0.3) is 11.1 Å². The van der Waals surface area contributed by atoms with E-state index >= 15 is 0 Å². The number of rotatable bonds is 7. The number of esters is 1.